The molecule has 6 heteroatoms. The molecule has 24 heavy (non-hydrogen) atoms. The van der Waals surface area contributed by atoms with Crippen molar-refractivity contribution in [3.05, 3.63) is 65.4 Å². The summed E-state index contributed by atoms with van der Waals surface area (Å²) in [5.74, 6) is 0. The zero-order valence-electron chi connectivity index (χ0n) is 13.2. The summed E-state index contributed by atoms with van der Waals surface area (Å²) in [7, 11) is 1.87. The molecule has 0 saturated heterocycles. The average molecular weight is 360 g/mol. The highest BCUT2D eigenvalue weighted by Crippen LogP contribution is 2.36. The van der Waals surface area contributed by atoms with Gasteiger partial charge in [0, 0.05) is 35.8 Å². The Morgan fingerprint density at radius 3 is 2.54 bits per heavy atom. The number of nitrogens with one attached hydrogen (secondary N) is 1. The van der Waals surface area contributed by atoms with E-state index >= 15 is 0 Å². The topological polar surface area (TPSA) is 68.0 Å². The first-order valence-electron chi connectivity index (χ1n) is 7.30. The fraction of sp³-hybridized carbons (Fsp3) is 0.111. The van der Waals surface area contributed by atoms with Crippen molar-refractivity contribution < 1.29 is 4.79 Å². The number of pyridine rings is 1. The first kappa shape index (κ1) is 18.0. The van der Waals surface area contributed by atoms with Crippen molar-refractivity contribution >= 4 is 39.9 Å². The lowest BCUT2D eigenvalue weighted by Gasteiger charge is -1.95. The highest BCUT2D eigenvalue weighted by Gasteiger charge is 2.05. The molecule has 0 fully saturated rings. The van der Waals surface area contributed by atoms with Crippen LogP contribution in [0.4, 0.5) is 10.7 Å². The zero-order chi connectivity index (χ0) is 17.4. The van der Waals surface area contributed by atoms with Crippen LogP contribution in [0.15, 0.2) is 54.9 Å². The first-order chi connectivity index (χ1) is 11.7. The lowest BCUT2D eigenvalue weighted by Crippen LogP contribution is -1.88. The van der Waals surface area contributed by atoms with Crippen LogP contribution < -0.4 is 11.1 Å². The van der Waals surface area contributed by atoms with Crippen LogP contribution in [0.5, 0.6) is 0 Å². The maximum Gasteiger partial charge on any atom is 0.124 e. The molecule has 4 nitrogen and oxygen atoms in total. The van der Waals surface area contributed by atoms with Crippen LogP contribution in [-0.4, -0.2) is 18.3 Å². The number of carbonyl (C=O) groups excluding carboxylic acids is 1. The molecule has 1 aromatic carbocycles. The molecule has 0 aliphatic carbocycles. The molecule has 124 valence electrons. The predicted octanol–water partition coefficient (Wildman–Crippen LogP) is 4.52. The molecule has 0 unspecified atom stereocenters. The van der Waals surface area contributed by atoms with Crippen LogP contribution in [-0.2, 0) is 11.2 Å². The minimum absolute atomic E-state index is 0.402. The van der Waals surface area contributed by atoms with Gasteiger partial charge in [-0.3, -0.25) is 4.98 Å². The number of carbonyl (C=O) groups is 1. The van der Waals surface area contributed by atoms with Gasteiger partial charge in [0.2, 0.25) is 0 Å². The summed E-state index contributed by atoms with van der Waals surface area (Å²) < 4.78 is 0. The minimum Gasteiger partial charge on any atom is -0.396 e. The van der Waals surface area contributed by atoms with Gasteiger partial charge in [0.15, 0.2) is 0 Å². The predicted molar refractivity (Wildman–Crippen MR) is 103 cm³/mol. The van der Waals surface area contributed by atoms with Crippen LogP contribution in [0, 0.1) is 0 Å². The van der Waals surface area contributed by atoms with Crippen molar-refractivity contribution in [1.82, 2.24) is 4.98 Å². The van der Waals surface area contributed by atoms with E-state index in [-0.39, 0.29) is 0 Å². The number of thiophene rings is 1. The Balaban J connectivity index is 0.000000185. The molecule has 0 amide bonds. The Kier molecular flexibility index (Phi) is 6.78. The van der Waals surface area contributed by atoms with E-state index in [0.29, 0.717) is 11.4 Å². The van der Waals surface area contributed by atoms with Gasteiger partial charge in [-0.15, -0.1) is 11.3 Å². The molecule has 3 N–H and O–H groups in total. The monoisotopic (exact) mass is 359 g/mol. The third-order valence-corrected chi connectivity index (χ3v) is 4.80. The third-order valence-electron chi connectivity index (χ3n) is 3.21. The normalized spacial score (nSPS) is 9.75. The maximum atomic E-state index is 10.1. The summed E-state index contributed by atoms with van der Waals surface area (Å²) in [4.78, 5) is 15.2. The quantitative estimate of drug-likeness (QED) is 0.672. The van der Waals surface area contributed by atoms with Gasteiger partial charge in [0.05, 0.1) is 5.69 Å². The molecular formula is C18H18ClN3OS. The average Bonchev–Trinajstić information content (AvgIpc) is 2.99. The van der Waals surface area contributed by atoms with Crippen molar-refractivity contribution in [3.63, 3.8) is 0 Å². The number of nitrogen functional groups attached to an aromatic ring is 1. The Hall–Kier alpha value is -2.37. The van der Waals surface area contributed by atoms with Crippen molar-refractivity contribution in [1.29, 1.82) is 0 Å². The molecular weight excluding hydrogens is 342 g/mol. The van der Waals surface area contributed by atoms with E-state index in [1.165, 1.54) is 0 Å². The number of aromatic nitrogens is 1. The molecule has 0 bridgehead atoms. The second-order valence-corrected chi connectivity index (χ2v) is 6.30. The number of nitrogens with two attached hydrogens (primary N) is 1. The number of benzene rings is 1. The fourth-order valence-corrected chi connectivity index (χ4v) is 3.16. The standard InChI is InChI=1S/C10H11N3S.C8H7ClO/c1-12-10-8(11)6-9(14-10)7-2-4-13-5-3-7;9-8-4-2-1-3-7(8)5-6-10/h2-6,12H,11H2,1H3;1-4,6H,5H2. The molecule has 2 heterocycles. The SMILES string of the molecule is CNc1sc(-c2ccncc2)cc1N.O=CCc1ccccc1Cl. The Labute approximate surface area is 150 Å². The highest BCUT2D eigenvalue weighted by molar-refractivity contribution is 7.20. The number of hydrogen-bond donors (Lipinski definition) is 2. The lowest BCUT2D eigenvalue weighted by molar-refractivity contribution is -0.107. The van der Waals surface area contributed by atoms with E-state index < -0.39 is 0 Å². The summed E-state index contributed by atoms with van der Waals surface area (Å²) in [6.07, 6.45) is 4.81. The Morgan fingerprint density at radius 1 is 1.25 bits per heavy atom. The minimum atomic E-state index is 0.402. The van der Waals surface area contributed by atoms with Gasteiger partial charge < -0.3 is 15.8 Å². The van der Waals surface area contributed by atoms with E-state index in [4.69, 9.17) is 17.3 Å². The smallest absolute Gasteiger partial charge is 0.124 e. The van der Waals surface area contributed by atoms with Crippen molar-refractivity contribution in [2.45, 2.75) is 6.42 Å². The van der Waals surface area contributed by atoms with Gasteiger partial charge in [0.1, 0.15) is 11.3 Å². The van der Waals surface area contributed by atoms with Gasteiger partial charge in [-0.1, -0.05) is 29.8 Å². The second-order valence-electron chi connectivity index (χ2n) is 4.84. The van der Waals surface area contributed by atoms with Gasteiger partial charge in [-0.05, 0) is 35.4 Å². The number of nitrogens with zero attached hydrogens (tertiary/aromatic N) is 1. The summed E-state index contributed by atoms with van der Waals surface area (Å²) in [6, 6.07) is 13.3. The third kappa shape index (κ3) is 4.81. The van der Waals surface area contributed by atoms with E-state index in [2.05, 4.69) is 10.3 Å². The van der Waals surface area contributed by atoms with E-state index in [1.54, 1.807) is 29.8 Å². The highest BCUT2D eigenvalue weighted by atomic mass is 35.5. The zero-order valence-corrected chi connectivity index (χ0v) is 14.8. The molecule has 0 atom stereocenters. The first-order valence-corrected chi connectivity index (χ1v) is 8.49. The van der Waals surface area contributed by atoms with E-state index in [9.17, 15) is 4.79 Å². The Morgan fingerprint density at radius 2 is 1.96 bits per heavy atom. The summed E-state index contributed by atoms with van der Waals surface area (Å²) in [5, 5.41) is 4.74. The van der Waals surface area contributed by atoms with Gasteiger partial charge in [0.25, 0.3) is 0 Å². The molecule has 3 aromatic rings. The van der Waals surface area contributed by atoms with Crippen molar-refractivity contribution in [2.24, 2.45) is 0 Å². The molecule has 0 aliphatic rings. The van der Waals surface area contributed by atoms with Gasteiger partial charge >= 0.3 is 0 Å². The summed E-state index contributed by atoms with van der Waals surface area (Å²) >= 11 is 7.39. The van der Waals surface area contributed by atoms with Crippen LogP contribution in [0.1, 0.15) is 5.56 Å². The van der Waals surface area contributed by atoms with E-state index in [0.717, 1.165) is 33.0 Å². The molecule has 3 rings (SSSR count). The Bertz CT molecular complexity index is 790. The number of halogens is 1. The van der Waals surface area contributed by atoms with Crippen molar-refractivity contribution in [2.75, 3.05) is 18.1 Å². The molecule has 0 aliphatic heterocycles. The molecule has 0 radical (unpaired) electrons. The van der Waals surface area contributed by atoms with Crippen LogP contribution in [0.25, 0.3) is 10.4 Å². The number of rotatable bonds is 4. The number of aldehydes is 1. The number of anilines is 2. The second kappa shape index (κ2) is 9.05. The van der Waals surface area contributed by atoms with Gasteiger partial charge in [-0.2, -0.15) is 0 Å². The van der Waals surface area contributed by atoms with Crippen LogP contribution in [0.2, 0.25) is 5.02 Å². The fourth-order valence-electron chi connectivity index (χ4n) is 2.01. The van der Waals surface area contributed by atoms with Crippen LogP contribution >= 0.6 is 22.9 Å². The summed E-state index contributed by atoms with van der Waals surface area (Å²) in [6.45, 7) is 0. The van der Waals surface area contributed by atoms with Crippen LogP contribution in [0.3, 0.4) is 0 Å². The summed E-state index contributed by atoms with van der Waals surface area (Å²) in [5.41, 5.74) is 8.66. The van der Waals surface area contributed by atoms with Gasteiger partial charge in [-0.25, -0.2) is 0 Å². The largest absolute Gasteiger partial charge is 0.396 e. The lowest BCUT2D eigenvalue weighted by atomic mass is 10.2. The van der Waals surface area contributed by atoms with Crippen molar-refractivity contribution in [3.8, 4) is 10.4 Å². The molecule has 0 spiro atoms. The number of hydrogen-bond acceptors (Lipinski definition) is 5. The maximum absolute atomic E-state index is 10.1. The van der Waals surface area contributed by atoms with E-state index in [1.807, 2.05) is 43.4 Å². The molecule has 2 aromatic heterocycles. The molecule has 0 saturated carbocycles.